The van der Waals surface area contributed by atoms with Gasteiger partial charge < -0.3 is 4.74 Å². The summed E-state index contributed by atoms with van der Waals surface area (Å²) in [5.74, 6) is 0.315. The lowest BCUT2D eigenvalue weighted by molar-refractivity contribution is -0.202. The summed E-state index contributed by atoms with van der Waals surface area (Å²) in [6.07, 6.45) is -3.53. The molecule has 1 heterocycles. The van der Waals surface area contributed by atoms with Crippen molar-refractivity contribution in [2.45, 2.75) is 57.3 Å². The van der Waals surface area contributed by atoms with Crippen molar-refractivity contribution in [2.75, 3.05) is 7.11 Å². The third-order valence-corrected chi connectivity index (χ3v) is 4.26. The second-order valence-corrected chi connectivity index (χ2v) is 6.70. The highest BCUT2D eigenvalue weighted by Gasteiger charge is 2.51. The van der Waals surface area contributed by atoms with E-state index < -0.39 is 17.8 Å². The molecule has 0 aromatic heterocycles. The molecule has 1 N–H and O–H groups in total. The number of aryl methyl sites for hydroxylation is 1. The van der Waals surface area contributed by atoms with Gasteiger partial charge >= 0.3 is 6.18 Å². The van der Waals surface area contributed by atoms with Crippen molar-refractivity contribution in [1.29, 1.82) is 0 Å². The van der Waals surface area contributed by atoms with E-state index in [9.17, 15) is 18.0 Å². The molecule has 1 amide bonds. The lowest BCUT2D eigenvalue weighted by Gasteiger charge is -2.37. The molecule has 1 fully saturated rings. The first-order valence-corrected chi connectivity index (χ1v) is 7.92. The van der Waals surface area contributed by atoms with Crippen LogP contribution in [0.1, 0.15) is 38.7 Å². The Balaban J connectivity index is 2.03. The third-order valence-electron chi connectivity index (χ3n) is 4.26. The number of halogens is 3. The smallest absolute Gasteiger partial charge is 0.405 e. The van der Waals surface area contributed by atoms with Gasteiger partial charge in [0, 0.05) is 12.0 Å². The minimum atomic E-state index is -4.40. The van der Waals surface area contributed by atoms with Crippen LogP contribution < -0.4 is 10.2 Å². The van der Waals surface area contributed by atoms with Crippen molar-refractivity contribution in [3.8, 4) is 5.75 Å². The minimum absolute atomic E-state index is 0.0649. The highest BCUT2D eigenvalue weighted by molar-refractivity contribution is 5.78. The van der Waals surface area contributed by atoms with Crippen molar-refractivity contribution in [3.05, 3.63) is 29.8 Å². The maximum atomic E-state index is 13.5. The molecule has 1 aromatic rings. The summed E-state index contributed by atoms with van der Waals surface area (Å²) in [4.78, 5) is 11.5. The van der Waals surface area contributed by atoms with E-state index in [0.29, 0.717) is 18.6 Å². The number of carbonyl (C=O) groups is 1. The van der Waals surface area contributed by atoms with Crippen molar-refractivity contribution in [3.63, 3.8) is 0 Å². The Labute approximate surface area is 139 Å². The van der Waals surface area contributed by atoms with Gasteiger partial charge in [0.2, 0.25) is 5.91 Å². The number of methoxy groups -OCH3 is 1. The summed E-state index contributed by atoms with van der Waals surface area (Å²) < 4.78 is 45.5. The molecule has 0 spiro atoms. The van der Waals surface area contributed by atoms with Gasteiger partial charge in [-0.1, -0.05) is 12.1 Å². The van der Waals surface area contributed by atoms with E-state index in [2.05, 4.69) is 5.43 Å². The fourth-order valence-electron chi connectivity index (χ4n) is 3.07. The van der Waals surface area contributed by atoms with Gasteiger partial charge in [-0.3, -0.25) is 10.2 Å². The SMILES string of the molecule is COc1cccc(CCC[C@H](N2NC(=O)CC2(C)C)C(F)(F)F)c1. The summed E-state index contributed by atoms with van der Waals surface area (Å²) in [5.41, 5.74) is 2.45. The van der Waals surface area contributed by atoms with Gasteiger partial charge in [0.05, 0.1) is 7.11 Å². The van der Waals surface area contributed by atoms with Gasteiger partial charge in [-0.25, -0.2) is 5.01 Å². The van der Waals surface area contributed by atoms with Crippen LogP contribution in [0.15, 0.2) is 24.3 Å². The Morgan fingerprint density at radius 2 is 2.08 bits per heavy atom. The Hall–Kier alpha value is -1.76. The number of carbonyl (C=O) groups excluding carboxylic acids is 1. The molecule has 0 bridgehead atoms. The van der Waals surface area contributed by atoms with Crippen LogP contribution in [0.3, 0.4) is 0 Å². The number of alkyl halides is 3. The van der Waals surface area contributed by atoms with Crippen LogP contribution >= 0.6 is 0 Å². The van der Waals surface area contributed by atoms with Crippen LogP contribution in [0.25, 0.3) is 0 Å². The Morgan fingerprint density at radius 1 is 1.38 bits per heavy atom. The molecule has 2 rings (SSSR count). The number of hydrazine groups is 1. The largest absolute Gasteiger partial charge is 0.497 e. The fraction of sp³-hybridized carbons (Fsp3) is 0.588. The lowest BCUT2D eigenvalue weighted by atomic mass is 9.97. The molecule has 0 aliphatic carbocycles. The molecule has 4 nitrogen and oxygen atoms in total. The average molecular weight is 344 g/mol. The first kappa shape index (κ1) is 18.6. The minimum Gasteiger partial charge on any atom is -0.497 e. The van der Waals surface area contributed by atoms with Crippen molar-refractivity contribution in [1.82, 2.24) is 10.4 Å². The standard InChI is InChI=1S/C17H23F3N2O2/c1-16(2)11-15(23)21-22(16)14(17(18,19)20)9-5-7-12-6-4-8-13(10-12)24-3/h4,6,8,10,14H,5,7,9,11H2,1-3H3,(H,21,23)/t14-/m0/s1. The van der Waals surface area contributed by atoms with Crippen molar-refractivity contribution < 1.29 is 22.7 Å². The van der Waals surface area contributed by atoms with E-state index in [1.54, 1.807) is 27.0 Å². The number of ether oxygens (including phenoxy) is 1. The van der Waals surface area contributed by atoms with Gasteiger partial charge in [-0.15, -0.1) is 0 Å². The number of amides is 1. The van der Waals surface area contributed by atoms with Crippen LogP contribution in [-0.4, -0.2) is 35.8 Å². The highest BCUT2D eigenvalue weighted by Crippen LogP contribution is 2.35. The number of benzene rings is 1. The molecule has 134 valence electrons. The summed E-state index contributed by atoms with van der Waals surface area (Å²) in [6.45, 7) is 3.29. The van der Waals surface area contributed by atoms with E-state index in [1.807, 2.05) is 18.2 Å². The number of nitrogens with one attached hydrogen (secondary N) is 1. The fourth-order valence-corrected chi connectivity index (χ4v) is 3.07. The number of nitrogens with zero attached hydrogens (tertiary/aromatic N) is 1. The number of hydrogen-bond donors (Lipinski definition) is 1. The second kappa shape index (κ2) is 7.01. The first-order valence-electron chi connectivity index (χ1n) is 7.92. The average Bonchev–Trinajstić information content (AvgIpc) is 2.75. The second-order valence-electron chi connectivity index (χ2n) is 6.70. The maximum absolute atomic E-state index is 13.5. The van der Waals surface area contributed by atoms with Crippen LogP contribution in [0, 0.1) is 0 Å². The van der Waals surface area contributed by atoms with E-state index in [-0.39, 0.29) is 18.7 Å². The lowest BCUT2D eigenvalue weighted by Crippen LogP contribution is -2.56. The zero-order chi connectivity index (χ0) is 18.0. The van der Waals surface area contributed by atoms with Crippen molar-refractivity contribution >= 4 is 5.91 Å². The predicted molar refractivity (Wildman–Crippen MR) is 84.5 cm³/mol. The normalized spacial score (nSPS) is 19.2. The van der Waals surface area contributed by atoms with Crippen LogP contribution in [0.5, 0.6) is 5.75 Å². The van der Waals surface area contributed by atoms with Crippen molar-refractivity contribution in [2.24, 2.45) is 0 Å². The molecule has 0 saturated carbocycles. The molecule has 1 aromatic carbocycles. The van der Waals surface area contributed by atoms with Gasteiger partial charge in [0.1, 0.15) is 11.8 Å². The summed E-state index contributed by atoms with van der Waals surface area (Å²) in [5, 5.41) is 1.07. The molecule has 1 aliphatic rings. The molecule has 1 atom stereocenters. The zero-order valence-corrected chi connectivity index (χ0v) is 14.1. The molecule has 1 saturated heterocycles. The first-order chi connectivity index (χ1) is 11.1. The molecular weight excluding hydrogens is 321 g/mol. The zero-order valence-electron chi connectivity index (χ0n) is 14.1. The summed E-state index contributed by atoms with van der Waals surface area (Å²) in [6, 6.07) is 5.62. The van der Waals surface area contributed by atoms with Crippen LogP contribution in [-0.2, 0) is 11.2 Å². The summed E-state index contributed by atoms with van der Waals surface area (Å²) >= 11 is 0. The van der Waals surface area contributed by atoms with Gasteiger partial charge in [-0.2, -0.15) is 13.2 Å². The molecule has 7 heteroatoms. The monoisotopic (exact) mass is 344 g/mol. The van der Waals surface area contributed by atoms with E-state index in [0.717, 1.165) is 10.6 Å². The molecule has 0 unspecified atom stereocenters. The maximum Gasteiger partial charge on any atom is 0.405 e. The number of rotatable bonds is 6. The van der Waals surface area contributed by atoms with E-state index in [4.69, 9.17) is 4.74 Å². The Kier molecular flexibility index (Phi) is 5.42. The predicted octanol–water partition coefficient (Wildman–Crippen LogP) is 3.46. The van der Waals surface area contributed by atoms with Gasteiger partial charge in [0.15, 0.2) is 0 Å². The van der Waals surface area contributed by atoms with Gasteiger partial charge in [-0.05, 0) is 50.8 Å². The Bertz CT molecular complexity index is 587. The van der Waals surface area contributed by atoms with E-state index >= 15 is 0 Å². The highest BCUT2D eigenvalue weighted by atomic mass is 19.4. The van der Waals surface area contributed by atoms with Gasteiger partial charge in [0.25, 0.3) is 0 Å². The third kappa shape index (κ3) is 4.41. The van der Waals surface area contributed by atoms with Crippen LogP contribution in [0.2, 0.25) is 0 Å². The molecule has 0 radical (unpaired) electrons. The molecular formula is C17H23F3N2O2. The molecule has 24 heavy (non-hydrogen) atoms. The quantitative estimate of drug-likeness (QED) is 0.859. The van der Waals surface area contributed by atoms with Crippen LogP contribution in [0.4, 0.5) is 13.2 Å². The Morgan fingerprint density at radius 3 is 2.62 bits per heavy atom. The summed E-state index contributed by atoms with van der Waals surface area (Å²) in [7, 11) is 1.55. The topological polar surface area (TPSA) is 41.6 Å². The number of hydrogen-bond acceptors (Lipinski definition) is 3. The van der Waals surface area contributed by atoms with E-state index in [1.165, 1.54) is 0 Å². The molecule has 1 aliphatic heterocycles.